The average molecular weight is 256 g/mol. The number of rotatable bonds is 3. The molecule has 0 radical (unpaired) electrons. The topological polar surface area (TPSA) is 74.7 Å². The van der Waals surface area contributed by atoms with E-state index in [9.17, 15) is 0 Å². The summed E-state index contributed by atoms with van der Waals surface area (Å²) in [4.78, 5) is 6.26. The van der Waals surface area contributed by atoms with Crippen LogP contribution in [0.4, 0.5) is 11.5 Å². The number of hydrogen-bond acceptors (Lipinski definition) is 4. The predicted molar refractivity (Wildman–Crippen MR) is 76.0 cm³/mol. The van der Waals surface area contributed by atoms with E-state index in [0.29, 0.717) is 5.56 Å². The Morgan fingerprint density at radius 1 is 1.26 bits per heavy atom. The molecule has 0 unspecified atom stereocenters. The largest absolute Gasteiger partial charge is 0.409 e. The lowest BCUT2D eigenvalue weighted by Gasteiger charge is -2.21. The molecule has 98 valence electrons. The van der Waals surface area contributed by atoms with E-state index in [-0.39, 0.29) is 5.84 Å². The fraction of sp³-hybridized carbons (Fsp3) is 0.143. The lowest BCUT2D eigenvalue weighted by Crippen LogP contribution is -2.20. The van der Waals surface area contributed by atoms with Crippen LogP contribution in [0.3, 0.4) is 0 Å². The molecule has 1 aromatic carbocycles. The van der Waals surface area contributed by atoms with Gasteiger partial charge < -0.3 is 15.8 Å². The number of oxime groups is 1. The maximum absolute atomic E-state index is 8.83. The second-order valence-corrected chi connectivity index (χ2v) is 4.26. The molecule has 0 fully saturated rings. The van der Waals surface area contributed by atoms with Crippen molar-refractivity contribution in [1.29, 1.82) is 0 Å². The lowest BCUT2D eigenvalue weighted by atomic mass is 10.1. The van der Waals surface area contributed by atoms with Crippen molar-refractivity contribution in [3.8, 4) is 0 Å². The number of aromatic nitrogens is 1. The quantitative estimate of drug-likeness (QED) is 0.382. The van der Waals surface area contributed by atoms with Crippen LogP contribution in [0.2, 0.25) is 0 Å². The van der Waals surface area contributed by atoms with E-state index in [1.54, 1.807) is 12.3 Å². The number of aryl methyl sites for hydroxylation is 1. The molecule has 3 N–H and O–H groups in total. The van der Waals surface area contributed by atoms with Gasteiger partial charge >= 0.3 is 0 Å². The number of benzene rings is 1. The van der Waals surface area contributed by atoms with E-state index in [1.807, 2.05) is 49.2 Å². The highest BCUT2D eigenvalue weighted by atomic mass is 16.4. The molecule has 0 aliphatic carbocycles. The Morgan fingerprint density at radius 3 is 2.63 bits per heavy atom. The van der Waals surface area contributed by atoms with Crippen molar-refractivity contribution in [2.24, 2.45) is 10.9 Å². The Hall–Kier alpha value is -2.56. The smallest absolute Gasteiger partial charge is 0.172 e. The lowest BCUT2D eigenvalue weighted by molar-refractivity contribution is 0.318. The maximum Gasteiger partial charge on any atom is 0.172 e. The summed E-state index contributed by atoms with van der Waals surface area (Å²) in [5.41, 5.74) is 8.28. The van der Waals surface area contributed by atoms with Crippen molar-refractivity contribution in [3.63, 3.8) is 0 Å². The van der Waals surface area contributed by atoms with E-state index in [4.69, 9.17) is 10.9 Å². The van der Waals surface area contributed by atoms with Crippen LogP contribution >= 0.6 is 0 Å². The Morgan fingerprint density at radius 2 is 2.00 bits per heavy atom. The van der Waals surface area contributed by atoms with E-state index in [0.717, 1.165) is 17.1 Å². The fourth-order valence-corrected chi connectivity index (χ4v) is 1.82. The normalized spacial score (nSPS) is 11.4. The van der Waals surface area contributed by atoms with E-state index < -0.39 is 0 Å². The van der Waals surface area contributed by atoms with Crippen LogP contribution in [0.5, 0.6) is 0 Å². The molecule has 0 atom stereocenters. The minimum Gasteiger partial charge on any atom is -0.409 e. The first-order valence-corrected chi connectivity index (χ1v) is 5.87. The number of anilines is 2. The molecule has 2 aromatic rings. The third-order valence-corrected chi connectivity index (χ3v) is 2.89. The summed E-state index contributed by atoms with van der Waals surface area (Å²) in [5.74, 6) is 0.873. The van der Waals surface area contributed by atoms with E-state index in [2.05, 4.69) is 10.1 Å². The molecule has 0 aliphatic rings. The van der Waals surface area contributed by atoms with Crippen LogP contribution in [0.15, 0.2) is 47.8 Å². The highest BCUT2D eigenvalue weighted by Crippen LogP contribution is 2.25. The highest BCUT2D eigenvalue weighted by Gasteiger charge is 2.12. The first-order valence-electron chi connectivity index (χ1n) is 5.87. The van der Waals surface area contributed by atoms with Gasteiger partial charge in [0.05, 0.1) is 5.69 Å². The standard InChI is InChI=1S/C14H16N4O/c1-10-7-8-13(16-9-10)18(2)12-6-4-3-5-11(12)14(15)17-19/h3-9,19H,1-2H3,(H2,15,17). The summed E-state index contributed by atoms with van der Waals surface area (Å²) in [6.07, 6.45) is 1.80. The van der Waals surface area contributed by atoms with Gasteiger partial charge in [-0.2, -0.15) is 0 Å². The number of para-hydroxylation sites is 1. The van der Waals surface area contributed by atoms with Gasteiger partial charge in [-0.05, 0) is 30.7 Å². The number of amidine groups is 1. The number of pyridine rings is 1. The summed E-state index contributed by atoms with van der Waals surface area (Å²) < 4.78 is 0. The fourth-order valence-electron chi connectivity index (χ4n) is 1.82. The first kappa shape index (κ1) is 12.9. The zero-order chi connectivity index (χ0) is 13.8. The molecule has 0 aliphatic heterocycles. The van der Waals surface area contributed by atoms with Crippen LogP contribution in [0.1, 0.15) is 11.1 Å². The van der Waals surface area contributed by atoms with Crippen LogP contribution < -0.4 is 10.6 Å². The minimum atomic E-state index is 0.0783. The summed E-state index contributed by atoms with van der Waals surface area (Å²) in [6.45, 7) is 1.99. The summed E-state index contributed by atoms with van der Waals surface area (Å²) in [6, 6.07) is 11.4. The van der Waals surface area contributed by atoms with Gasteiger partial charge in [0.1, 0.15) is 5.82 Å². The van der Waals surface area contributed by atoms with E-state index >= 15 is 0 Å². The van der Waals surface area contributed by atoms with Crippen LogP contribution in [0, 0.1) is 6.92 Å². The Bertz CT molecular complexity index is 593. The van der Waals surface area contributed by atoms with Gasteiger partial charge in [-0.25, -0.2) is 4.98 Å². The monoisotopic (exact) mass is 256 g/mol. The molecule has 0 saturated heterocycles. The molecule has 5 nitrogen and oxygen atoms in total. The Labute approximate surface area is 112 Å². The van der Waals surface area contributed by atoms with Gasteiger partial charge in [0.2, 0.25) is 0 Å². The summed E-state index contributed by atoms with van der Waals surface area (Å²) >= 11 is 0. The Balaban J connectivity index is 2.44. The number of nitrogens with two attached hydrogens (primary N) is 1. The van der Waals surface area contributed by atoms with Crippen molar-refractivity contribution < 1.29 is 5.21 Å². The van der Waals surface area contributed by atoms with Crippen molar-refractivity contribution in [2.75, 3.05) is 11.9 Å². The maximum atomic E-state index is 8.83. The second kappa shape index (κ2) is 5.39. The predicted octanol–water partition coefficient (Wildman–Crippen LogP) is 2.25. The van der Waals surface area contributed by atoms with E-state index in [1.165, 1.54) is 0 Å². The molecule has 0 saturated carbocycles. The third kappa shape index (κ3) is 2.65. The van der Waals surface area contributed by atoms with Crippen LogP contribution in [0.25, 0.3) is 0 Å². The van der Waals surface area contributed by atoms with Crippen molar-refractivity contribution in [3.05, 3.63) is 53.7 Å². The first-order chi connectivity index (χ1) is 9.13. The molecule has 2 rings (SSSR count). The summed E-state index contributed by atoms with van der Waals surface area (Å²) in [7, 11) is 1.89. The molecule has 0 spiro atoms. The zero-order valence-electron chi connectivity index (χ0n) is 10.9. The average Bonchev–Trinajstić information content (AvgIpc) is 2.46. The minimum absolute atomic E-state index is 0.0783. The molecule has 5 heteroatoms. The van der Waals surface area contributed by atoms with Crippen LogP contribution in [-0.2, 0) is 0 Å². The van der Waals surface area contributed by atoms with Crippen LogP contribution in [-0.4, -0.2) is 23.1 Å². The summed E-state index contributed by atoms with van der Waals surface area (Å²) in [5, 5.41) is 11.9. The van der Waals surface area contributed by atoms with Gasteiger partial charge in [0.25, 0.3) is 0 Å². The third-order valence-electron chi connectivity index (χ3n) is 2.89. The molecular formula is C14H16N4O. The van der Waals surface area contributed by atoms with Gasteiger partial charge in [0.15, 0.2) is 5.84 Å². The number of nitrogens with zero attached hydrogens (tertiary/aromatic N) is 3. The Kier molecular flexibility index (Phi) is 3.66. The molecule has 0 bridgehead atoms. The SMILES string of the molecule is Cc1ccc(N(C)c2ccccc2/C(N)=N/O)nc1. The van der Waals surface area contributed by atoms with Crippen molar-refractivity contribution in [2.45, 2.75) is 6.92 Å². The molecular weight excluding hydrogens is 240 g/mol. The molecule has 1 heterocycles. The van der Waals surface area contributed by atoms with Gasteiger partial charge in [-0.1, -0.05) is 23.4 Å². The van der Waals surface area contributed by atoms with Crippen molar-refractivity contribution >= 4 is 17.3 Å². The molecule has 1 aromatic heterocycles. The molecule has 19 heavy (non-hydrogen) atoms. The molecule has 0 amide bonds. The zero-order valence-corrected chi connectivity index (χ0v) is 10.9. The van der Waals surface area contributed by atoms with Gasteiger partial charge in [-0.15, -0.1) is 0 Å². The van der Waals surface area contributed by atoms with Gasteiger partial charge in [-0.3, -0.25) is 0 Å². The highest BCUT2D eigenvalue weighted by molar-refractivity contribution is 6.02. The number of hydrogen-bond donors (Lipinski definition) is 2. The second-order valence-electron chi connectivity index (χ2n) is 4.26. The van der Waals surface area contributed by atoms with Crippen molar-refractivity contribution in [1.82, 2.24) is 4.98 Å². The van der Waals surface area contributed by atoms with Gasteiger partial charge in [0, 0.05) is 18.8 Å².